The Balaban J connectivity index is 2.47. The van der Waals surface area contributed by atoms with Crippen molar-refractivity contribution in [3.8, 4) is 0 Å². The Morgan fingerprint density at radius 2 is 2.00 bits per heavy atom. The largest absolute Gasteiger partial charge is 0.356 e. The molecule has 1 rings (SSSR count). The van der Waals surface area contributed by atoms with E-state index >= 15 is 0 Å². The third-order valence-corrected chi connectivity index (χ3v) is 3.26. The lowest BCUT2D eigenvalue weighted by atomic mass is 9.93. The fourth-order valence-corrected chi connectivity index (χ4v) is 1.97. The molecule has 2 unspecified atom stereocenters. The summed E-state index contributed by atoms with van der Waals surface area (Å²) in [7, 11) is 0. The Kier molecular flexibility index (Phi) is 5.86. The van der Waals surface area contributed by atoms with Gasteiger partial charge in [0.2, 0.25) is 5.91 Å². The molecule has 0 radical (unpaired) electrons. The van der Waals surface area contributed by atoms with Crippen molar-refractivity contribution in [3.05, 3.63) is 35.4 Å². The van der Waals surface area contributed by atoms with Gasteiger partial charge >= 0.3 is 0 Å². The number of carbonyl (C=O) groups is 1. The van der Waals surface area contributed by atoms with Crippen molar-refractivity contribution in [2.45, 2.75) is 33.1 Å². The van der Waals surface area contributed by atoms with Crippen LogP contribution in [0.3, 0.4) is 0 Å². The Hall–Kier alpha value is -1.35. The van der Waals surface area contributed by atoms with Crippen LogP contribution in [0.5, 0.6) is 0 Å². The van der Waals surface area contributed by atoms with Crippen molar-refractivity contribution in [2.75, 3.05) is 13.1 Å². The van der Waals surface area contributed by atoms with Gasteiger partial charge in [-0.15, -0.1) is 0 Å². The van der Waals surface area contributed by atoms with E-state index in [2.05, 4.69) is 31.3 Å². The molecule has 0 saturated heterocycles. The van der Waals surface area contributed by atoms with Gasteiger partial charge in [-0.3, -0.25) is 4.79 Å². The van der Waals surface area contributed by atoms with Crippen molar-refractivity contribution in [1.29, 1.82) is 0 Å². The molecule has 1 aromatic carbocycles. The number of hydrogen-bond donors (Lipinski definition) is 2. The van der Waals surface area contributed by atoms with Crippen molar-refractivity contribution in [1.82, 2.24) is 5.32 Å². The van der Waals surface area contributed by atoms with Gasteiger partial charge < -0.3 is 11.1 Å². The molecule has 0 spiro atoms. The molecule has 0 heterocycles. The lowest BCUT2D eigenvalue weighted by Crippen LogP contribution is -2.31. The molecule has 18 heavy (non-hydrogen) atoms. The smallest absolute Gasteiger partial charge is 0.220 e. The van der Waals surface area contributed by atoms with Gasteiger partial charge in [-0.25, -0.2) is 0 Å². The summed E-state index contributed by atoms with van der Waals surface area (Å²) in [5.74, 6) is 0.688. The van der Waals surface area contributed by atoms with Crippen LogP contribution >= 0.6 is 0 Å². The summed E-state index contributed by atoms with van der Waals surface area (Å²) in [4.78, 5) is 11.8. The molecule has 2 atom stereocenters. The summed E-state index contributed by atoms with van der Waals surface area (Å²) >= 11 is 0. The van der Waals surface area contributed by atoms with Crippen LogP contribution in [-0.4, -0.2) is 19.0 Å². The maximum atomic E-state index is 11.8. The van der Waals surface area contributed by atoms with Crippen LogP contribution in [0.15, 0.2) is 24.3 Å². The molecule has 0 aliphatic rings. The van der Waals surface area contributed by atoms with E-state index in [1.807, 2.05) is 19.1 Å². The summed E-state index contributed by atoms with van der Waals surface area (Å²) < 4.78 is 0. The number of benzene rings is 1. The predicted molar refractivity (Wildman–Crippen MR) is 75.4 cm³/mol. The highest BCUT2D eigenvalue weighted by molar-refractivity contribution is 5.76. The van der Waals surface area contributed by atoms with Crippen LogP contribution in [0, 0.1) is 12.8 Å². The number of amides is 1. The number of aryl methyl sites for hydroxylation is 1. The molecule has 3 N–H and O–H groups in total. The predicted octanol–water partition coefficient (Wildman–Crippen LogP) is 2.20. The van der Waals surface area contributed by atoms with Crippen molar-refractivity contribution in [3.63, 3.8) is 0 Å². The van der Waals surface area contributed by atoms with E-state index in [0.717, 1.165) is 0 Å². The molecule has 100 valence electrons. The summed E-state index contributed by atoms with van der Waals surface area (Å²) in [5.41, 5.74) is 8.01. The first-order valence-corrected chi connectivity index (χ1v) is 6.56. The fourth-order valence-electron chi connectivity index (χ4n) is 1.97. The first-order valence-electron chi connectivity index (χ1n) is 6.56. The maximum absolute atomic E-state index is 11.8. The van der Waals surface area contributed by atoms with Gasteiger partial charge in [0, 0.05) is 13.0 Å². The zero-order valence-corrected chi connectivity index (χ0v) is 11.6. The average Bonchev–Trinajstić information content (AvgIpc) is 2.36. The maximum Gasteiger partial charge on any atom is 0.220 e. The second-order valence-corrected chi connectivity index (χ2v) is 5.11. The average molecular weight is 248 g/mol. The van der Waals surface area contributed by atoms with Crippen LogP contribution < -0.4 is 11.1 Å². The molecule has 0 fully saturated rings. The molecule has 1 amide bonds. The third-order valence-electron chi connectivity index (χ3n) is 3.26. The van der Waals surface area contributed by atoms with Crippen molar-refractivity contribution in [2.24, 2.45) is 11.7 Å². The van der Waals surface area contributed by atoms with Gasteiger partial charge in [-0.1, -0.05) is 38.1 Å². The standard InChI is InChI=1S/C15H24N2O/c1-11(9-16)10-17-15(18)8-13(3)14-7-5-4-6-12(14)2/h4-7,11,13H,8-10,16H2,1-3H3,(H,17,18). The Labute approximate surface area is 110 Å². The third kappa shape index (κ3) is 4.49. The zero-order valence-electron chi connectivity index (χ0n) is 11.6. The highest BCUT2D eigenvalue weighted by atomic mass is 16.1. The number of hydrogen-bond acceptors (Lipinski definition) is 2. The first kappa shape index (κ1) is 14.7. The molecule has 0 aliphatic carbocycles. The normalized spacial score (nSPS) is 14.0. The van der Waals surface area contributed by atoms with Crippen LogP contribution in [0.2, 0.25) is 0 Å². The van der Waals surface area contributed by atoms with E-state index in [-0.39, 0.29) is 11.8 Å². The van der Waals surface area contributed by atoms with Crippen LogP contribution in [0.4, 0.5) is 0 Å². The van der Waals surface area contributed by atoms with Crippen LogP contribution in [0.1, 0.15) is 37.3 Å². The van der Waals surface area contributed by atoms with Crippen LogP contribution in [-0.2, 0) is 4.79 Å². The second kappa shape index (κ2) is 7.17. The van der Waals surface area contributed by atoms with Gasteiger partial charge in [-0.2, -0.15) is 0 Å². The lowest BCUT2D eigenvalue weighted by Gasteiger charge is -2.15. The van der Waals surface area contributed by atoms with Crippen molar-refractivity contribution >= 4 is 5.91 Å². The number of rotatable bonds is 6. The molecule has 0 aromatic heterocycles. The molecule has 0 bridgehead atoms. The van der Waals surface area contributed by atoms with Gasteiger partial charge in [0.15, 0.2) is 0 Å². The first-order chi connectivity index (χ1) is 8.54. The van der Waals surface area contributed by atoms with E-state index in [0.29, 0.717) is 25.4 Å². The van der Waals surface area contributed by atoms with Crippen LogP contribution in [0.25, 0.3) is 0 Å². The molecular weight excluding hydrogens is 224 g/mol. The topological polar surface area (TPSA) is 55.1 Å². The highest BCUT2D eigenvalue weighted by Crippen LogP contribution is 2.22. The molecule has 3 heteroatoms. The Morgan fingerprint density at radius 1 is 1.33 bits per heavy atom. The van der Waals surface area contributed by atoms with Gasteiger partial charge in [0.1, 0.15) is 0 Å². The summed E-state index contributed by atoms with van der Waals surface area (Å²) in [5, 5.41) is 2.93. The van der Waals surface area contributed by atoms with E-state index in [4.69, 9.17) is 5.73 Å². The van der Waals surface area contributed by atoms with E-state index in [1.165, 1.54) is 11.1 Å². The number of carbonyl (C=O) groups excluding carboxylic acids is 1. The van der Waals surface area contributed by atoms with E-state index in [9.17, 15) is 4.79 Å². The number of nitrogens with two attached hydrogens (primary N) is 1. The summed E-state index contributed by atoms with van der Waals surface area (Å²) in [6, 6.07) is 8.22. The quantitative estimate of drug-likeness (QED) is 0.811. The molecule has 0 saturated carbocycles. The molecule has 0 aliphatic heterocycles. The minimum Gasteiger partial charge on any atom is -0.356 e. The number of nitrogens with one attached hydrogen (secondary N) is 1. The lowest BCUT2D eigenvalue weighted by molar-refractivity contribution is -0.121. The molecule has 1 aromatic rings. The fraction of sp³-hybridized carbons (Fsp3) is 0.533. The van der Waals surface area contributed by atoms with Gasteiger partial charge in [0.25, 0.3) is 0 Å². The summed E-state index contributed by atoms with van der Waals surface area (Å²) in [6.07, 6.45) is 0.530. The van der Waals surface area contributed by atoms with Crippen molar-refractivity contribution < 1.29 is 4.79 Å². The monoisotopic (exact) mass is 248 g/mol. The zero-order chi connectivity index (χ0) is 13.5. The van der Waals surface area contributed by atoms with Gasteiger partial charge in [-0.05, 0) is 36.4 Å². The highest BCUT2D eigenvalue weighted by Gasteiger charge is 2.13. The Morgan fingerprint density at radius 3 is 2.61 bits per heavy atom. The SMILES string of the molecule is Cc1ccccc1C(C)CC(=O)NCC(C)CN. The van der Waals surface area contributed by atoms with E-state index in [1.54, 1.807) is 0 Å². The minimum atomic E-state index is 0.103. The summed E-state index contributed by atoms with van der Waals surface area (Å²) in [6.45, 7) is 7.48. The van der Waals surface area contributed by atoms with Gasteiger partial charge in [0.05, 0.1) is 0 Å². The minimum absolute atomic E-state index is 0.103. The second-order valence-electron chi connectivity index (χ2n) is 5.11. The van der Waals surface area contributed by atoms with E-state index < -0.39 is 0 Å². The molecular formula is C15H24N2O. The Bertz CT molecular complexity index is 390. The molecule has 3 nitrogen and oxygen atoms in total.